The molecule has 2 aromatic carbocycles. The number of carbonyl (C=O) groups is 5. The summed E-state index contributed by atoms with van der Waals surface area (Å²) in [5.41, 5.74) is 2.96. The molecule has 4 aromatic rings. The average molecular weight is 772 g/mol. The van der Waals surface area contributed by atoms with Crippen molar-refractivity contribution in [1.82, 2.24) is 25.9 Å². The molecular weight excluding hydrogens is 723 g/mol. The second-order valence-electron chi connectivity index (χ2n) is 14.2. The van der Waals surface area contributed by atoms with E-state index in [0.717, 1.165) is 33.7 Å². The highest BCUT2D eigenvalue weighted by Gasteiger charge is 2.29. The molecule has 0 aliphatic rings. The number of aromatic nitrogens is 2. The number of hydrogen-bond donors (Lipinski definition) is 5. The van der Waals surface area contributed by atoms with Gasteiger partial charge in [-0.25, -0.2) is 14.8 Å². The maximum absolute atomic E-state index is 13.5. The molecule has 0 saturated heterocycles. The van der Waals surface area contributed by atoms with E-state index >= 15 is 0 Å². The monoisotopic (exact) mass is 771 g/mol. The summed E-state index contributed by atoms with van der Waals surface area (Å²) in [6, 6.07) is 15.5. The van der Waals surface area contributed by atoms with Crippen molar-refractivity contribution >= 4 is 41.0 Å². The van der Waals surface area contributed by atoms with Crippen molar-refractivity contribution in [1.29, 1.82) is 0 Å². The molecule has 292 valence electrons. The van der Waals surface area contributed by atoms with Gasteiger partial charge in [0.1, 0.15) is 24.4 Å². The summed E-state index contributed by atoms with van der Waals surface area (Å²) < 4.78 is 5.88. The van der Waals surface area contributed by atoms with Crippen LogP contribution in [0.4, 0.5) is 0 Å². The number of carboxylic acids is 2. The van der Waals surface area contributed by atoms with E-state index in [1.807, 2.05) is 51.1 Å². The minimum absolute atomic E-state index is 0.00866. The second-order valence-corrected chi connectivity index (χ2v) is 15.3. The Morgan fingerprint density at radius 3 is 2.04 bits per heavy atom. The van der Waals surface area contributed by atoms with Crippen LogP contribution in [0.3, 0.4) is 0 Å². The number of rotatable bonds is 20. The van der Waals surface area contributed by atoms with Gasteiger partial charge in [-0.1, -0.05) is 89.8 Å². The van der Waals surface area contributed by atoms with E-state index in [-0.39, 0.29) is 11.8 Å². The summed E-state index contributed by atoms with van der Waals surface area (Å²) in [5, 5.41) is 25.7. The largest absolute Gasteiger partial charge is 0.494 e. The fourth-order valence-electron chi connectivity index (χ4n) is 5.50. The van der Waals surface area contributed by atoms with Crippen molar-refractivity contribution < 1.29 is 38.9 Å². The molecule has 55 heavy (non-hydrogen) atoms. The van der Waals surface area contributed by atoms with Gasteiger partial charge in [0.15, 0.2) is 5.82 Å². The summed E-state index contributed by atoms with van der Waals surface area (Å²) in [6.07, 6.45) is 8.66. The highest BCUT2D eigenvalue weighted by Crippen LogP contribution is 2.29. The number of hydrogen-bond acceptors (Lipinski definition) is 9. The van der Waals surface area contributed by atoms with Crippen LogP contribution >= 0.6 is 11.3 Å². The number of benzene rings is 2. The summed E-state index contributed by atoms with van der Waals surface area (Å²) >= 11 is 1.29. The number of unbranched alkanes of at least 4 members (excludes halogenated alkanes) is 4. The molecule has 14 heteroatoms. The number of amides is 3. The Hall–Kier alpha value is -5.63. The zero-order valence-corrected chi connectivity index (χ0v) is 32.4. The molecule has 0 radical (unpaired) electrons. The van der Waals surface area contributed by atoms with Gasteiger partial charge in [0.25, 0.3) is 5.91 Å². The summed E-state index contributed by atoms with van der Waals surface area (Å²) in [4.78, 5) is 72.4. The van der Waals surface area contributed by atoms with Crippen LogP contribution in [-0.4, -0.2) is 75.1 Å². The van der Waals surface area contributed by atoms with E-state index in [2.05, 4.69) is 32.8 Å². The third-order valence-corrected chi connectivity index (χ3v) is 10.1. The lowest BCUT2D eigenvalue weighted by Crippen LogP contribution is -2.53. The van der Waals surface area contributed by atoms with Crippen molar-refractivity contribution in [3.8, 4) is 28.3 Å². The fraction of sp³-hybridized carbons (Fsp3) is 0.390. The van der Waals surface area contributed by atoms with Crippen molar-refractivity contribution in [2.75, 3.05) is 13.2 Å². The van der Waals surface area contributed by atoms with Gasteiger partial charge in [-0.3, -0.25) is 19.2 Å². The van der Waals surface area contributed by atoms with Crippen LogP contribution in [0.1, 0.15) is 86.3 Å². The Morgan fingerprint density at radius 2 is 1.44 bits per heavy atom. The van der Waals surface area contributed by atoms with E-state index in [4.69, 9.17) is 9.84 Å². The van der Waals surface area contributed by atoms with E-state index in [1.54, 1.807) is 42.7 Å². The molecule has 3 amide bonds. The predicted molar refractivity (Wildman–Crippen MR) is 210 cm³/mol. The molecule has 0 spiro atoms. The fourth-order valence-corrected chi connectivity index (χ4v) is 6.46. The molecule has 0 bridgehead atoms. The number of aliphatic carboxylic acids is 2. The Balaban J connectivity index is 1.44. The van der Waals surface area contributed by atoms with Crippen LogP contribution < -0.4 is 20.7 Å². The number of carboxylic acid groups (broad SMARTS) is 2. The molecule has 0 aliphatic carbocycles. The number of nitrogens with one attached hydrogen (secondary N) is 3. The van der Waals surface area contributed by atoms with Crippen LogP contribution in [0.2, 0.25) is 0 Å². The first-order valence-corrected chi connectivity index (χ1v) is 19.1. The lowest BCUT2D eigenvalue weighted by atomic mass is 9.95. The summed E-state index contributed by atoms with van der Waals surface area (Å²) in [6.45, 7) is 8.24. The zero-order valence-electron chi connectivity index (χ0n) is 31.6. The molecule has 4 rings (SSSR count). The molecule has 2 aromatic heterocycles. The third kappa shape index (κ3) is 13.3. The maximum atomic E-state index is 13.5. The van der Waals surface area contributed by atoms with Crippen LogP contribution in [0.5, 0.6) is 5.75 Å². The molecule has 0 fully saturated rings. The van der Waals surface area contributed by atoms with E-state index in [0.29, 0.717) is 22.9 Å². The quantitative estimate of drug-likeness (QED) is 0.0663. The third-order valence-electron chi connectivity index (χ3n) is 8.64. The SMILES string of the molecule is CCCCCCCOc1ccc(-c2cnc(-c3ccc(C[C@H](NC(=O)c4ccc(C(C)(C)C)s4)C(=O)N[C@@H](CC(=O)NCC(=O)O)C(=O)O)cc3)nc2)cc1. The molecule has 0 saturated carbocycles. The first-order chi connectivity index (χ1) is 26.2. The number of thiophene rings is 1. The van der Waals surface area contributed by atoms with Gasteiger partial charge in [0, 0.05) is 34.8 Å². The Morgan fingerprint density at radius 1 is 0.782 bits per heavy atom. The second kappa shape index (κ2) is 20.2. The summed E-state index contributed by atoms with van der Waals surface area (Å²) in [5.74, 6) is -3.72. The van der Waals surface area contributed by atoms with Gasteiger partial charge >= 0.3 is 11.9 Å². The molecule has 2 heterocycles. The first-order valence-electron chi connectivity index (χ1n) is 18.3. The van der Waals surface area contributed by atoms with Gasteiger partial charge < -0.3 is 30.9 Å². The van der Waals surface area contributed by atoms with Gasteiger partial charge in [0.2, 0.25) is 11.8 Å². The molecular formula is C41H49N5O8S. The van der Waals surface area contributed by atoms with Gasteiger partial charge in [0.05, 0.1) is 17.9 Å². The standard InChI is InChI=1S/C41H49N5O8S/c1-5-6-7-8-9-20-54-30-16-14-27(15-17-30)29-23-43-37(44-24-29)28-12-10-26(11-13-28)21-31(45-39(51)33-18-19-34(55-33)41(2,3)4)38(50)46-32(40(52)53)22-35(47)42-25-36(48)49/h10-19,23-24,31-32H,5-9,20-22,25H2,1-4H3,(H,42,47)(H,45,51)(H,46,50)(H,48,49)(H,52,53)/t31-,32-/m0/s1. The van der Waals surface area contributed by atoms with Crippen molar-refractivity contribution in [3.63, 3.8) is 0 Å². The van der Waals surface area contributed by atoms with Gasteiger partial charge in [-0.05, 0) is 47.2 Å². The highest BCUT2D eigenvalue weighted by molar-refractivity contribution is 7.14. The van der Waals surface area contributed by atoms with Crippen LogP contribution in [0, 0.1) is 0 Å². The zero-order chi connectivity index (χ0) is 40.0. The Labute approximate surface area is 325 Å². The van der Waals surface area contributed by atoms with E-state index in [1.165, 1.54) is 37.0 Å². The molecule has 0 aliphatic heterocycles. The van der Waals surface area contributed by atoms with E-state index in [9.17, 15) is 29.1 Å². The van der Waals surface area contributed by atoms with E-state index < -0.39 is 54.7 Å². The summed E-state index contributed by atoms with van der Waals surface area (Å²) in [7, 11) is 0. The minimum atomic E-state index is -1.67. The predicted octanol–water partition coefficient (Wildman–Crippen LogP) is 6.02. The average Bonchev–Trinajstić information content (AvgIpc) is 3.67. The normalized spacial score (nSPS) is 12.3. The topological polar surface area (TPSA) is 197 Å². The van der Waals surface area contributed by atoms with Gasteiger partial charge in [-0.2, -0.15) is 0 Å². The Bertz CT molecular complexity index is 1900. The number of nitrogens with zero attached hydrogens (tertiary/aromatic N) is 2. The van der Waals surface area contributed by atoms with Crippen LogP contribution in [-0.2, 0) is 31.0 Å². The highest BCUT2D eigenvalue weighted by atomic mass is 32.1. The lowest BCUT2D eigenvalue weighted by molar-refractivity contribution is -0.144. The van der Waals surface area contributed by atoms with Crippen molar-refractivity contribution in [2.45, 2.75) is 90.1 Å². The molecule has 2 atom stereocenters. The Kier molecular flexibility index (Phi) is 15.4. The minimum Gasteiger partial charge on any atom is -0.494 e. The smallest absolute Gasteiger partial charge is 0.326 e. The first kappa shape index (κ1) is 42.1. The maximum Gasteiger partial charge on any atom is 0.326 e. The number of ether oxygens (including phenoxy) is 1. The van der Waals surface area contributed by atoms with Gasteiger partial charge in [-0.15, -0.1) is 11.3 Å². The van der Waals surface area contributed by atoms with Crippen molar-refractivity contribution in [3.05, 3.63) is 88.4 Å². The van der Waals surface area contributed by atoms with Crippen molar-refractivity contribution in [2.24, 2.45) is 0 Å². The lowest BCUT2D eigenvalue weighted by Gasteiger charge is -2.21. The molecule has 5 N–H and O–H groups in total. The molecule has 13 nitrogen and oxygen atoms in total. The van der Waals surface area contributed by atoms with Crippen LogP contribution in [0.25, 0.3) is 22.5 Å². The molecule has 0 unspecified atom stereocenters. The van der Waals surface area contributed by atoms with Crippen LogP contribution in [0.15, 0.2) is 73.1 Å². The number of carbonyl (C=O) groups excluding carboxylic acids is 3.